The number of hydrogen-bond acceptors (Lipinski definition) is 3. The monoisotopic (exact) mass is 328 g/mol. The Morgan fingerprint density at radius 3 is 2.94 bits per heavy atom. The highest BCUT2D eigenvalue weighted by atomic mass is 79.9. The molecular formula is C14H21BrN2S. The molecule has 1 unspecified atom stereocenters. The van der Waals surface area contributed by atoms with E-state index in [0.29, 0.717) is 0 Å². The molecule has 2 N–H and O–H groups in total. The standard InChI is InChI=1S/C14H21BrN2S/c15-13-5-2-1-4-12(13)14(16)6-8-17-7-3-10-18-11-9-17/h1-2,4-5,14H,3,6-11,16H2. The van der Waals surface area contributed by atoms with Crippen molar-refractivity contribution in [3.05, 3.63) is 34.3 Å². The van der Waals surface area contributed by atoms with Gasteiger partial charge in [-0.1, -0.05) is 34.1 Å². The van der Waals surface area contributed by atoms with Crippen molar-refractivity contribution in [1.29, 1.82) is 0 Å². The van der Waals surface area contributed by atoms with E-state index in [1.54, 1.807) is 0 Å². The molecule has 1 aliphatic heterocycles. The van der Waals surface area contributed by atoms with Crippen molar-refractivity contribution in [2.45, 2.75) is 18.9 Å². The summed E-state index contributed by atoms with van der Waals surface area (Å²) in [5, 5.41) is 0. The lowest BCUT2D eigenvalue weighted by atomic mass is 10.0. The molecule has 0 amide bonds. The molecule has 2 nitrogen and oxygen atoms in total. The van der Waals surface area contributed by atoms with Crippen LogP contribution in [0, 0.1) is 0 Å². The van der Waals surface area contributed by atoms with Crippen molar-refractivity contribution >= 4 is 27.7 Å². The Labute approximate surface area is 122 Å². The van der Waals surface area contributed by atoms with Crippen molar-refractivity contribution in [2.75, 3.05) is 31.1 Å². The smallest absolute Gasteiger partial charge is 0.0318 e. The van der Waals surface area contributed by atoms with Crippen LogP contribution < -0.4 is 5.73 Å². The van der Waals surface area contributed by atoms with E-state index in [9.17, 15) is 0 Å². The van der Waals surface area contributed by atoms with Crippen LogP contribution in [0.2, 0.25) is 0 Å². The number of nitrogens with two attached hydrogens (primary N) is 1. The van der Waals surface area contributed by atoms with Crippen LogP contribution >= 0.6 is 27.7 Å². The zero-order valence-electron chi connectivity index (χ0n) is 10.6. The number of hydrogen-bond donors (Lipinski definition) is 1. The average Bonchev–Trinajstić information content (AvgIpc) is 2.65. The Hall–Kier alpha value is -0.0300. The zero-order chi connectivity index (χ0) is 12.8. The molecule has 1 atom stereocenters. The van der Waals surface area contributed by atoms with Crippen molar-refractivity contribution in [1.82, 2.24) is 4.90 Å². The van der Waals surface area contributed by atoms with Gasteiger partial charge in [-0.05, 0) is 43.3 Å². The van der Waals surface area contributed by atoms with Gasteiger partial charge in [-0.25, -0.2) is 0 Å². The second-order valence-electron chi connectivity index (χ2n) is 4.72. The lowest BCUT2D eigenvalue weighted by Crippen LogP contribution is -2.29. The third-order valence-corrected chi connectivity index (χ3v) is 5.15. The topological polar surface area (TPSA) is 29.3 Å². The molecule has 1 fully saturated rings. The first-order valence-electron chi connectivity index (χ1n) is 6.57. The number of halogens is 1. The third-order valence-electron chi connectivity index (χ3n) is 3.38. The van der Waals surface area contributed by atoms with Crippen LogP contribution in [-0.4, -0.2) is 36.0 Å². The van der Waals surface area contributed by atoms with E-state index in [2.05, 4.69) is 50.8 Å². The van der Waals surface area contributed by atoms with Crippen LogP contribution in [0.4, 0.5) is 0 Å². The quantitative estimate of drug-likeness (QED) is 0.919. The van der Waals surface area contributed by atoms with Gasteiger partial charge in [0.05, 0.1) is 0 Å². The molecule has 2 rings (SSSR count). The molecule has 0 aromatic heterocycles. The summed E-state index contributed by atoms with van der Waals surface area (Å²) in [4.78, 5) is 2.55. The Kier molecular flexibility index (Phi) is 6.02. The number of nitrogens with zero attached hydrogens (tertiary/aromatic N) is 1. The number of thioether (sulfide) groups is 1. The minimum Gasteiger partial charge on any atom is -0.324 e. The van der Waals surface area contributed by atoms with Gasteiger partial charge in [0.15, 0.2) is 0 Å². The normalized spacial score (nSPS) is 19.4. The molecular weight excluding hydrogens is 308 g/mol. The maximum atomic E-state index is 6.29. The van der Waals surface area contributed by atoms with Crippen LogP contribution in [0.25, 0.3) is 0 Å². The van der Waals surface area contributed by atoms with E-state index < -0.39 is 0 Å². The van der Waals surface area contributed by atoms with E-state index in [-0.39, 0.29) is 6.04 Å². The molecule has 1 aliphatic rings. The minimum absolute atomic E-state index is 0.136. The highest BCUT2D eigenvalue weighted by molar-refractivity contribution is 9.10. The predicted octanol–water partition coefficient (Wildman–Crippen LogP) is 3.28. The van der Waals surface area contributed by atoms with Crippen molar-refractivity contribution in [3.8, 4) is 0 Å². The van der Waals surface area contributed by atoms with Gasteiger partial charge in [-0.15, -0.1) is 0 Å². The van der Waals surface area contributed by atoms with Crippen molar-refractivity contribution in [3.63, 3.8) is 0 Å². The second kappa shape index (κ2) is 7.53. The summed E-state index contributed by atoms with van der Waals surface area (Å²) in [6.07, 6.45) is 2.35. The molecule has 1 aromatic carbocycles. The maximum absolute atomic E-state index is 6.29. The fourth-order valence-corrected chi connectivity index (χ4v) is 3.78. The second-order valence-corrected chi connectivity index (χ2v) is 6.80. The summed E-state index contributed by atoms with van der Waals surface area (Å²) in [6.45, 7) is 3.56. The number of benzene rings is 1. The molecule has 0 saturated carbocycles. The number of rotatable bonds is 4. The summed E-state index contributed by atoms with van der Waals surface area (Å²) in [6, 6.07) is 8.41. The lowest BCUT2D eigenvalue weighted by molar-refractivity contribution is 0.283. The largest absolute Gasteiger partial charge is 0.324 e. The van der Waals surface area contributed by atoms with Gasteiger partial charge in [0, 0.05) is 22.8 Å². The fraction of sp³-hybridized carbons (Fsp3) is 0.571. The van der Waals surface area contributed by atoms with E-state index >= 15 is 0 Å². The maximum Gasteiger partial charge on any atom is 0.0318 e. The summed E-state index contributed by atoms with van der Waals surface area (Å²) >= 11 is 5.65. The van der Waals surface area contributed by atoms with Crippen LogP contribution in [0.15, 0.2) is 28.7 Å². The highest BCUT2D eigenvalue weighted by Crippen LogP contribution is 2.24. The molecule has 1 heterocycles. The third kappa shape index (κ3) is 4.26. The Bertz CT molecular complexity index is 365. The molecule has 0 aliphatic carbocycles. The fourth-order valence-electron chi connectivity index (χ4n) is 2.27. The van der Waals surface area contributed by atoms with Gasteiger partial charge in [-0.3, -0.25) is 0 Å². The predicted molar refractivity (Wildman–Crippen MR) is 84.1 cm³/mol. The molecule has 4 heteroatoms. The van der Waals surface area contributed by atoms with Crippen molar-refractivity contribution < 1.29 is 0 Å². The van der Waals surface area contributed by atoms with E-state index in [4.69, 9.17) is 5.73 Å². The Balaban J connectivity index is 1.84. The molecule has 100 valence electrons. The Morgan fingerprint density at radius 1 is 1.28 bits per heavy atom. The zero-order valence-corrected chi connectivity index (χ0v) is 13.0. The van der Waals surface area contributed by atoms with E-state index in [1.165, 1.54) is 36.6 Å². The SMILES string of the molecule is NC(CCN1CCCSCC1)c1ccccc1Br. The van der Waals surface area contributed by atoms with Crippen LogP contribution in [0.5, 0.6) is 0 Å². The van der Waals surface area contributed by atoms with Gasteiger partial charge < -0.3 is 10.6 Å². The van der Waals surface area contributed by atoms with Gasteiger partial charge in [-0.2, -0.15) is 11.8 Å². The first kappa shape index (κ1) is 14.4. The van der Waals surface area contributed by atoms with Gasteiger partial charge >= 0.3 is 0 Å². The summed E-state index contributed by atoms with van der Waals surface area (Å²) in [7, 11) is 0. The van der Waals surface area contributed by atoms with Gasteiger partial charge in [0.2, 0.25) is 0 Å². The molecule has 0 radical (unpaired) electrons. The van der Waals surface area contributed by atoms with E-state index in [0.717, 1.165) is 17.4 Å². The lowest BCUT2D eigenvalue weighted by Gasteiger charge is -2.22. The van der Waals surface area contributed by atoms with Crippen LogP contribution in [0.1, 0.15) is 24.4 Å². The summed E-state index contributed by atoms with van der Waals surface area (Å²) < 4.78 is 1.13. The van der Waals surface area contributed by atoms with Crippen LogP contribution in [0.3, 0.4) is 0 Å². The van der Waals surface area contributed by atoms with E-state index in [1.807, 2.05) is 6.07 Å². The highest BCUT2D eigenvalue weighted by Gasteiger charge is 2.13. The van der Waals surface area contributed by atoms with Gasteiger partial charge in [0.1, 0.15) is 0 Å². The van der Waals surface area contributed by atoms with Crippen molar-refractivity contribution in [2.24, 2.45) is 5.73 Å². The molecule has 0 bridgehead atoms. The first-order valence-corrected chi connectivity index (χ1v) is 8.52. The summed E-state index contributed by atoms with van der Waals surface area (Å²) in [5.41, 5.74) is 7.51. The average molecular weight is 329 g/mol. The molecule has 18 heavy (non-hydrogen) atoms. The van der Waals surface area contributed by atoms with Gasteiger partial charge in [0.25, 0.3) is 0 Å². The molecule has 0 spiro atoms. The molecule has 1 saturated heterocycles. The Morgan fingerprint density at radius 2 is 2.11 bits per heavy atom. The molecule has 1 aromatic rings. The van der Waals surface area contributed by atoms with Crippen LogP contribution in [-0.2, 0) is 0 Å². The summed E-state index contributed by atoms with van der Waals surface area (Å²) in [5.74, 6) is 2.58. The first-order chi connectivity index (χ1) is 8.77. The minimum atomic E-state index is 0.136.